The van der Waals surface area contributed by atoms with Crippen molar-refractivity contribution >= 4 is 41.7 Å². The molecule has 2 aromatic rings. The normalized spacial score (nSPS) is 13.0. The first-order valence-corrected chi connectivity index (χ1v) is 8.97. The summed E-state index contributed by atoms with van der Waals surface area (Å²) in [5.74, 6) is -0.266. The number of methoxy groups -OCH3 is 2. The van der Waals surface area contributed by atoms with Crippen LogP contribution in [0.2, 0.25) is 0 Å². The summed E-state index contributed by atoms with van der Waals surface area (Å²) >= 11 is 6.51. The summed E-state index contributed by atoms with van der Waals surface area (Å²) in [4.78, 5) is 16.1. The Hall–Kier alpha value is -2.91. The number of nitrogens with zero attached hydrogens (tertiary/aromatic N) is 2. The molecule has 7 nitrogen and oxygen atoms in total. The molecule has 0 saturated heterocycles. The molecule has 0 amide bonds. The summed E-state index contributed by atoms with van der Waals surface area (Å²) in [6.45, 7) is 4.03. The van der Waals surface area contributed by atoms with Gasteiger partial charge < -0.3 is 19.7 Å². The van der Waals surface area contributed by atoms with Gasteiger partial charge in [-0.1, -0.05) is 6.08 Å². The number of allylic oxidation sites excluding steroid dienone is 1. The monoisotopic (exact) mass is 404 g/mol. The van der Waals surface area contributed by atoms with Crippen LogP contribution in [0.25, 0.3) is 12.2 Å². The molecule has 0 aliphatic carbocycles. The van der Waals surface area contributed by atoms with Gasteiger partial charge in [0.15, 0.2) is 3.95 Å². The average molecular weight is 404 g/mol. The highest BCUT2D eigenvalue weighted by Crippen LogP contribution is 2.28. The van der Waals surface area contributed by atoms with Crippen molar-refractivity contribution in [1.29, 1.82) is 0 Å². The summed E-state index contributed by atoms with van der Waals surface area (Å²) in [5, 5.41) is 20.7. The van der Waals surface area contributed by atoms with E-state index in [2.05, 4.69) is 11.6 Å². The number of aromatic nitrogens is 1. The number of thiazole rings is 1. The van der Waals surface area contributed by atoms with E-state index in [1.54, 1.807) is 22.8 Å². The molecule has 9 heteroatoms. The van der Waals surface area contributed by atoms with Crippen LogP contribution in [0.4, 0.5) is 0 Å². The van der Waals surface area contributed by atoms with Gasteiger partial charge >= 0.3 is 5.97 Å². The number of aromatic hydroxyl groups is 1. The van der Waals surface area contributed by atoms with E-state index in [-0.39, 0.29) is 11.6 Å². The SMILES string of the molecule is C=CCn1c(O)c(C=c2c(OC)cc(OC)c3c2=NC(C(=O)O)=C3)sc1=S. The molecule has 0 radical (unpaired) electrons. The number of rotatable bonds is 6. The van der Waals surface area contributed by atoms with Crippen molar-refractivity contribution < 1.29 is 24.5 Å². The Bertz CT molecular complexity index is 1160. The van der Waals surface area contributed by atoms with Gasteiger partial charge in [-0.3, -0.25) is 4.57 Å². The van der Waals surface area contributed by atoms with E-state index in [1.165, 1.54) is 31.6 Å². The third-order valence-corrected chi connectivity index (χ3v) is 5.34. The summed E-state index contributed by atoms with van der Waals surface area (Å²) in [7, 11) is 2.97. The van der Waals surface area contributed by atoms with Crippen LogP contribution < -0.4 is 20.0 Å². The van der Waals surface area contributed by atoms with Crippen LogP contribution in [0.15, 0.2) is 29.4 Å². The predicted molar refractivity (Wildman–Crippen MR) is 105 cm³/mol. The lowest BCUT2D eigenvalue weighted by molar-refractivity contribution is -0.132. The van der Waals surface area contributed by atoms with Gasteiger partial charge in [-0.2, -0.15) is 0 Å². The Morgan fingerprint density at radius 3 is 2.70 bits per heavy atom. The Balaban J connectivity index is 2.35. The van der Waals surface area contributed by atoms with Crippen LogP contribution in [-0.4, -0.2) is 35.0 Å². The second-order valence-corrected chi connectivity index (χ2v) is 7.18. The molecule has 140 valence electrons. The Morgan fingerprint density at radius 2 is 2.11 bits per heavy atom. The lowest BCUT2D eigenvalue weighted by atomic mass is 10.1. The third-order valence-electron chi connectivity index (χ3n) is 3.96. The van der Waals surface area contributed by atoms with Crippen molar-refractivity contribution in [2.45, 2.75) is 6.54 Å². The summed E-state index contributed by atoms with van der Waals surface area (Å²) < 4.78 is 12.8. The van der Waals surface area contributed by atoms with Crippen LogP contribution in [0.5, 0.6) is 17.4 Å². The third kappa shape index (κ3) is 3.26. The number of carbonyl (C=O) groups is 1. The number of fused-ring (bicyclic) bond motifs is 1. The van der Waals surface area contributed by atoms with Crippen molar-refractivity contribution in [3.63, 3.8) is 0 Å². The maximum Gasteiger partial charge on any atom is 0.354 e. The molecule has 1 aliphatic heterocycles. The standard InChI is InChI=1S/C18H16N2O5S2/c1-4-5-20-16(21)14(27-18(20)26)7-10-13(25-3)8-12(24-2)9-6-11(17(22)23)19-15(9)10/h4,6-8,21H,1,5H2,2-3H3,(H,22,23). The molecule has 1 aromatic carbocycles. The zero-order valence-corrected chi connectivity index (χ0v) is 16.2. The van der Waals surface area contributed by atoms with Crippen LogP contribution in [-0.2, 0) is 11.3 Å². The van der Waals surface area contributed by atoms with Crippen LogP contribution in [0.3, 0.4) is 0 Å². The summed E-state index contributed by atoms with van der Waals surface area (Å²) in [5.41, 5.74) is 0.433. The zero-order chi connectivity index (χ0) is 19.7. The fourth-order valence-corrected chi connectivity index (χ4v) is 3.99. The van der Waals surface area contributed by atoms with E-state index in [0.717, 1.165) is 0 Å². The van der Waals surface area contributed by atoms with Crippen LogP contribution in [0.1, 0.15) is 10.4 Å². The molecule has 0 atom stereocenters. The highest BCUT2D eigenvalue weighted by atomic mass is 32.1. The van der Waals surface area contributed by atoms with E-state index in [4.69, 9.17) is 21.7 Å². The van der Waals surface area contributed by atoms with Crippen molar-refractivity contribution in [2.75, 3.05) is 14.2 Å². The molecule has 27 heavy (non-hydrogen) atoms. The quantitative estimate of drug-likeness (QED) is 0.566. The first-order valence-electron chi connectivity index (χ1n) is 7.75. The van der Waals surface area contributed by atoms with Crippen LogP contribution >= 0.6 is 23.6 Å². The zero-order valence-electron chi connectivity index (χ0n) is 14.6. The minimum atomic E-state index is -1.14. The van der Waals surface area contributed by atoms with Crippen molar-refractivity contribution in [1.82, 2.24) is 4.57 Å². The number of carboxylic acids is 1. The molecule has 1 aliphatic rings. The molecular weight excluding hydrogens is 388 g/mol. The van der Waals surface area contributed by atoms with E-state index < -0.39 is 5.97 Å². The molecule has 1 aromatic heterocycles. The number of benzene rings is 1. The molecule has 3 rings (SSSR count). The van der Waals surface area contributed by atoms with Gasteiger partial charge in [0.1, 0.15) is 17.2 Å². The molecule has 0 spiro atoms. The van der Waals surface area contributed by atoms with Gasteiger partial charge in [0.05, 0.1) is 24.5 Å². The number of carboxylic acid groups (broad SMARTS) is 1. The van der Waals surface area contributed by atoms with E-state index in [0.29, 0.717) is 43.0 Å². The molecule has 0 fully saturated rings. The topological polar surface area (TPSA) is 93.3 Å². The smallest absolute Gasteiger partial charge is 0.354 e. The first-order chi connectivity index (χ1) is 12.9. The second-order valence-electron chi connectivity index (χ2n) is 5.50. The molecule has 2 N–H and O–H groups in total. The fraction of sp³-hybridized carbons (Fsp3) is 0.167. The van der Waals surface area contributed by atoms with Gasteiger partial charge in [0.2, 0.25) is 5.88 Å². The largest absolute Gasteiger partial charge is 0.496 e. The molecule has 0 unspecified atom stereocenters. The molecule has 0 bridgehead atoms. The van der Waals surface area contributed by atoms with Gasteiger partial charge in [-0.15, -0.1) is 17.9 Å². The van der Waals surface area contributed by atoms with E-state index >= 15 is 0 Å². The Labute approximate surface area is 163 Å². The van der Waals surface area contributed by atoms with Gasteiger partial charge in [-0.25, -0.2) is 9.79 Å². The minimum Gasteiger partial charge on any atom is -0.496 e. The average Bonchev–Trinajstić information content (AvgIpc) is 3.20. The molecule has 2 heterocycles. The summed E-state index contributed by atoms with van der Waals surface area (Å²) in [6.07, 6.45) is 4.75. The van der Waals surface area contributed by atoms with E-state index in [9.17, 15) is 15.0 Å². The van der Waals surface area contributed by atoms with Gasteiger partial charge in [-0.05, 0) is 24.4 Å². The highest BCUT2D eigenvalue weighted by molar-refractivity contribution is 7.73. The highest BCUT2D eigenvalue weighted by Gasteiger charge is 2.20. The lowest BCUT2D eigenvalue weighted by Gasteiger charge is -2.08. The summed E-state index contributed by atoms with van der Waals surface area (Å²) in [6, 6.07) is 1.65. The number of hydrogen-bond acceptors (Lipinski definition) is 7. The first kappa shape index (κ1) is 18.9. The molecule has 0 saturated carbocycles. The number of hydrogen-bond donors (Lipinski definition) is 2. The lowest BCUT2D eigenvalue weighted by Crippen LogP contribution is -2.28. The van der Waals surface area contributed by atoms with Crippen molar-refractivity contribution in [2.24, 2.45) is 4.99 Å². The predicted octanol–water partition coefficient (Wildman–Crippen LogP) is 2.08. The minimum absolute atomic E-state index is 0.000866. The van der Waals surface area contributed by atoms with Crippen molar-refractivity contribution in [3.8, 4) is 17.4 Å². The number of aliphatic carboxylic acids is 1. The van der Waals surface area contributed by atoms with E-state index in [1.807, 2.05) is 0 Å². The van der Waals surface area contributed by atoms with Gasteiger partial charge in [0.25, 0.3) is 0 Å². The Morgan fingerprint density at radius 1 is 1.41 bits per heavy atom. The van der Waals surface area contributed by atoms with Crippen molar-refractivity contribution in [3.05, 3.63) is 49.4 Å². The fourth-order valence-electron chi connectivity index (χ4n) is 2.72. The van der Waals surface area contributed by atoms with Gasteiger partial charge in [0, 0.05) is 23.4 Å². The number of ether oxygens (including phenoxy) is 2. The van der Waals surface area contributed by atoms with Crippen LogP contribution in [0, 0.1) is 3.95 Å². The Kier molecular flexibility index (Phi) is 5.15. The maximum absolute atomic E-state index is 11.4. The molecular formula is C18H16N2O5S2. The second kappa shape index (κ2) is 7.37. The maximum atomic E-state index is 11.4.